The van der Waals surface area contributed by atoms with E-state index in [1.54, 1.807) is 11.4 Å². The summed E-state index contributed by atoms with van der Waals surface area (Å²) in [6, 6.07) is 8.32. The molecule has 0 spiro atoms. The predicted molar refractivity (Wildman–Crippen MR) is 101 cm³/mol. The van der Waals surface area contributed by atoms with Gasteiger partial charge in [0.15, 0.2) is 0 Å². The summed E-state index contributed by atoms with van der Waals surface area (Å²) >= 11 is 1.13. The fraction of sp³-hybridized carbons (Fsp3) is 0.312. The Morgan fingerprint density at radius 2 is 1.70 bits per heavy atom. The number of nitrogens with one attached hydrogen (secondary N) is 1. The summed E-state index contributed by atoms with van der Waals surface area (Å²) in [6.07, 6.45) is 0.756. The minimum atomic E-state index is -3.71. The summed E-state index contributed by atoms with van der Waals surface area (Å²) in [5, 5.41) is 1.69. The van der Waals surface area contributed by atoms with Crippen LogP contribution in [0, 0.1) is 0 Å². The molecule has 0 aliphatic carbocycles. The number of sulfonamides is 2. The van der Waals surface area contributed by atoms with E-state index in [9.17, 15) is 21.6 Å². The van der Waals surface area contributed by atoms with Crippen LogP contribution in [0.3, 0.4) is 0 Å². The lowest BCUT2D eigenvalue weighted by molar-refractivity contribution is 0.1000. The predicted octanol–water partition coefficient (Wildman–Crippen LogP) is 0.979. The van der Waals surface area contributed by atoms with Gasteiger partial charge in [-0.15, -0.1) is 11.3 Å². The number of amides is 1. The number of carbonyl (C=O) groups excluding carboxylic acids is 1. The van der Waals surface area contributed by atoms with Crippen molar-refractivity contribution in [2.75, 3.05) is 13.1 Å². The molecule has 1 amide bonds. The fourth-order valence-electron chi connectivity index (χ4n) is 2.85. The molecule has 1 aromatic carbocycles. The molecule has 0 radical (unpaired) electrons. The van der Waals surface area contributed by atoms with Crippen LogP contribution in [0.25, 0.3) is 0 Å². The van der Waals surface area contributed by atoms with Crippen molar-refractivity contribution in [1.29, 1.82) is 0 Å². The van der Waals surface area contributed by atoms with Crippen molar-refractivity contribution < 1.29 is 21.6 Å². The van der Waals surface area contributed by atoms with Gasteiger partial charge in [0.2, 0.25) is 26.0 Å². The largest absolute Gasteiger partial charge is 0.366 e. The van der Waals surface area contributed by atoms with Crippen molar-refractivity contribution in [1.82, 2.24) is 9.03 Å². The summed E-state index contributed by atoms with van der Waals surface area (Å²) in [5.41, 5.74) is 5.39. The molecule has 0 unspecified atom stereocenters. The van der Waals surface area contributed by atoms with Gasteiger partial charge in [0, 0.05) is 24.7 Å². The highest BCUT2D eigenvalue weighted by Crippen LogP contribution is 2.23. The molecular formula is C16H19N3O5S3. The molecule has 11 heteroatoms. The highest BCUT2D eigenvalue weighted by Gasteiger charge is 2.31. The highest BCUT2D eigenvalue weighted by molar-refractivity contribution is 7.91. The Labute approximate surface area is 162 Å². The van der Waals surface area contributed by atoms with Gasteiger partial charge in [-0.3, -0.25) is 4.79 Å². The summed E-state index contributed by atoms with van der Waals surface area (Å²) in [4.78, 5) is 11.2. The second-order valence-corrected chi connectivity index (χ2v) is 10.9. The van der Waals surface area contributed by atoms with Gasteiger partial charge in [0.05, 0.1) is 4.90 Å². The quantitative estimate of drug-likeness (QED) is 0.708. The summed E-state index contributed by atoms with van der Waals surface area (Å²) in [7, 11) is -7.29. The van der Waals surface area contributed by atoms with Crippen molar-refractivity contribution in [2.45, 2.75) is 28.0 Å². The molecule has 2 heterocycles. The van der Waals surface area contributed by atoms with E-state index in [0.29, 0.717) is 12.8 Å². The van der Waals surface area contributed by atoms with Crippen LogP contribution < -0.4 is 10.5 Å². The highest BCUT2D eigenvalue weighted by atomic mass is 32.2. The summed E-state index contributed by atoms with van der Waals surface area (Å²) in [6.45, 7) is 0.412. The Bertz CT molecular complexity index is 1010. The van der Waals surface area contributed by atoms with Crippen LogP contribution in [0.15, 0.2) is 50.9 Å². The van der Waals surface area contributed by atoms with Crippen LogP contribution in [0.4, 0.5) is 0 Å². The Morgan fingerprint density at radius 3 is 2.22 bits per heavy atom. The number of thiophene rings is 1. The zero-order valence-corrected chi connectivity index (χ0v) is 16.7. The van der Waals surface area contributed by atoms with Crippen molar-refractivity contribution >= 4 is 37.3 Å². The molecule has 1 aliphatic heterocycles. The number of hydrogen-bond donors (Lipinski definition) is 2. The van der Waals surface area contributed by atoms with Crippen LogP contribution in [0.5, 0.6) is 0 Å². The molecule has 1 aliphatic rings. The number of primary amides is 1. The third-order valence-electron chi connectivity index (χ3n) is 4.31. The molecule has 3 rings (SSSR count). The number of carbonyl (C=O) groups is 1. The Kier molecular flexibility index (Phi) is 5.68. The standard InChI is InChI=1S/C16H19N3O5S3/c17-16(20)12-3-5-14(6-4-12)27(23,24)19-9-7-13(8-10-19)18-26(21,22)15-2-1-11-25-15/h1-6,11,13,18H,7-10H2,(H2,17,20). The van der Waals surface area contributed by atoms with E-state index in [1.165, 1.54) is 34.6 Å². The van der Waals surface area contributed by atoms with E-state index in [4.69, 9.17) is 5.73 Å². The minimum absolute atomic E-state index is 0.0742. The topological polar surface area (TPSA) is 127 Å². The number of hydrogen-bond acceptors (Lipinski definition) is 6. The third-order valence-corrected chi connectivity index (χ3v) is 9.14. The fourth-order valence-corrected chi connectivity index (χ4v) is 6.63. The molecule has 1 aromatic heterocycles. The molecule has 3 N–H and O–H groups in total. The lowest BCUT2D eigenvalue weighted by Crippen LogP contribution is -2.46. The second kappa shape index (κ2) is 7.68. The van der Waals surface area contributed by atoms with E-state index in [1.807, 2.05) is 0 Å². The molecule has 146 valence electrons. The second-order valence-electron chi connectivity index (χ2n) is 6.12. The molecule has 1 saturated heterocycles. The Hall–Kier alpha value is -1.79. The average molecular weight is 430 g/mol. The SMILES string of the molecule is NC(=O)c1ccc(S(=O)(=O)N2CCC(NS(=O)(=O)c3cccs3)CC2)cc1. The van der Waals surface area contributed by atoms with Crippen molar-refractivity contribution in [2.24, 2.45) is 5.73 Å². The molecule has 0 saturated carbocycles. The monoisotopic (exact) mass is 429 g/mol. The molecule has 0 atom stereocenters. The van der Waals surface area contributed by atoms with Crippen LogP contribution in [0.1, 0.15) is 23.2 Å². The summed E-state index contributed by atoms with van der Waals surface area (Å²) in [5.74, 6) is -0.627. The number of nitrogens with zero attached hydrogens (tertiary/aromatic N) is 1. The number of piperidine rings is 1. The Balaban J connectivity index is 1.65. The number of rotatable bonds is 6. The van der Waals surface area contributed by atoms with E-state index < -0.39 is 26.0 Å². The average Bonchev–Trinajstić information content (AvgIpc) is 3.18. The first-order valence-corrected chi connectivity index (χ1v) is 12.0. The maximum atomic E-state index is 12.7. The molecule has 1 fully saturated rings. The normalized spacial score (nSPS) is 17.0. The lowest BCUT2D eigenvalue weighted by Gasteiger charge is -2.31. The molecule has 2 aromatic rings. The van der Waals surface area contributed by atoms with E-state index >= 15 is 0 Å². The van der Waals surface area contributed by atoms with Gasteiger partial charge in [-0.05, 0) is 48.6 Å². The molecule has 27 heavy (non-hydrogen) atoms. The number of benzene rings is 1. The minimum Gasteiger partial charge on any atom is -0.366 e. The van der Waals surface area contributed by atoms with Gasteiger partial charge >= 0.3 is 0 Å². The van der Waals surface area contributed by atoms with Crippen LogP contribution in [-0.2, 0) is 20.0 Å². The van der Waals surface area contributed by atoms with E-state index in [-0.39, 0.29) is 33.8 Å². The van der Waals surface area contributed by atoms with Crippen LogP contribution in [-0.4, -0.2) is 46.2 Å². The van der Waals surface area contributed by atoms with Gasteiger partial charge in [-0.25, -0.2) is 21.6 Å². The Morgan fingerprint density at radius 1 is 1.07 bits per heavy atom. The smallest absolute Gasteiger partial charge is 0.250 e. The van der Waals surface area contributed by atoms with Gasteiger partial charge < -0.3 is 5.73 Å². The third kappa shape index (κ3) is 4.38. The molecule has 8 nitrogen and oxygen atoms in total. The van der Waals surface area contributed by atoms with Gasteiger partial charge in [0.25, 0.3) is 0 Å². The van der Waals surface area contributed by atoms with E-state index in [2.05, 4.69) is 4.72 Å². The summed E-state index contributed by atoms with van der Waals surface area (Å²) < 4.78 is 54.2. The van der Waals surface area contributed by atoms with Gasteiger partial charge in [-0.2, -0.15) is 4.31 Å². The van der Waals surface area contributed by atoms with Crippen LogP contribution in [0.2, 0.25) is 0 Å². The number of nitrogens with two attached hydrogens (primary N) is 1. The van der Waals surface area contributed by atoms with Gasteiger partial charge in [0.1, 0.15) is 4.21 Å². The molecule has 0 bridgehead atoms. The molecular weight excluding hydrogens is 410 g/mol. The van der Waals surface area contributed by atoms with Crippen molar-refractivity contribution in [3.05, 3.63) is 47.3 Å². The maximum Gasteiger partial charge on any atom is 0.250 e. The first-order valence-electron chi connectivity index (χ1n) is 8.16. The van der Waals surface area contributed by atoms with Crippen LogP contribution >= 0.6 is 11.3 Å². The first kappa shape index (κ1) is 20.0. The zero-order valence-electron chi connectivity index (χ0n) is 14.2. The van der Waals surface area contributed by atoms with E-state index in [0.717, 1.165) is 11.3 Å². The zero-order chi connectivity index (χ0) is 19.7. The lowest BCUT2D eigenvalue weighted by atomic mass is 10.1. The maximum absolute atomic E-state index is 12.7. The van der Waals surface area contributed by atoms with Crippen molar-refractivity contribution in [3.8, 4) is 0 Å². The van der Waals surface area contributed by atoms with Crippen molar-refractivity contribution in [3.63, 3.8) is 0 Å². The van der Waals surface area contributed by atoms with Gasteiger partial charge in [-0.1, -0.05) is 6.07 Å². The first-order chi connectivity index (χ1) is 12.7.